The van der Waals surface area contributed by atoms with Gasteiger partial charge in [-0.2, -0.15) is 0 Å². The number of ether oxygens (including phenoxy) is 1. The minimum Gasteiger partial charge on any atom is -0.389 e. The highest BCUT2D eigenvalue weighted by Crippen LogP contribution is 2.12. The summed E-state index contributed by atoms with van der Waals surface area (Å²) in [4.78, 5) is 15.4. The van der Waals surface area contributed by atoms with Gasteiger partial charge in [0, 0.05) is 26.0 Å². The van der Waals surface area contributed by atoms with Gasteiger partial charge in [0.15, 0.2) is 0 Å². The van der Waals surface area contributed by atoms with Crippen LogP contribution in [0.2, 0.25) is 5.02 Å². The Morgan fingerprint density at radius 1 is 1.75 bits per heavy atom. The minimum atomic E-state index is -0.732. The Labute approximate surface area is 98.4 Å². The quantitative estimate of drug-likeness (QED) is 0.790. The third-order valence-electron chi connectivity index (χ3n) is 1.87. The molecule has 0 spiro atoms. The minimum absolute atomic E-state index is 0.109. The van der Waals surface area contributed by atoms with E-state index in [1.54, 1.807) is 0 Å². The number of carbonyl (C=O) groups excluding carboxylic acids is 1. The first-order valence-electron chi connectivity index (χ1n) is 4.70. The Hall–Kier alpha value is -1.17. The molecular formula is C10H13ClN2O3. The van der Waals surface area contributed by atoms with E-state index in [0.717, 1.165) is 0 Å². The lowest BCUT2D eigenvalue weighted by Gasteiger charge is -2.10. The fraction of sp³-hybridized carbons (Fsp3) is 0.400. The second kappa shape index (κ2) is 6.42. The number of carbonyl (C=O) groups is 1. The molecule has 0 aliphatic rings. The Morgan fingerprint density at radius 2 is 2.50 bits per heavy atom. The van der Waals surface area contributed by atoms with Crippen molar-refractivity contribution in [1.29, 1.82) is 0 Å². The molecule has 0 aliphatic carbocycles. The first kappa shape index (κ1) is 12.9. The van der Waals surface area contributed by atoms with Gasteiger partial charge in [-0.25, -0.2) is 0 Å². The van der Waals surface area contributed by atoms with Crippen molar-refractivity contribution >= 4 is 17.5 Å². The van der Waals surface area contributed by atoms with Crippen molar-refractivity contribution < 1.29 is 14.6 Å². The maximum absolute atomic E-state index is 11.6. The number of nitrogens with zero attached hydrogens (tertiary/aromatic N) is 1. The van der Waals surface area contributed by atoms with Gasteiger partial charge >= 0.3 is 0 Å². The van der Waals surface area contributed by atoms with Crippen LogP contribution >= 0.6 is 11.6 Å². The van der Waals surface area contributed by atoms with Crippen LogP contribution in [-0.2, 0) is 4.74 Å². The molecule has 0 bridgehead atoms. The van der Waals surface area contributed by atoms with Crippen molar-refractivity contribution in [2.24, 2.45) is 0 Å². The molecule has 0 aromatic carbocycles. The van der Waals surface area contributed by atoms with E-state index in [1.165, 1.54) is 25.6 Å². The number of methoxy groups -OCH3 is 1. The maximum Gasteiger partial charge on any atom is 0.254 e. The average molecular weight is 245 g/mol. The van der Waals surface area contributed by atoms with Crippen LogP contribution in [0.1, 0.15) is 10.4 Å². The van der Waals surface area contributed by atoms with E-state index in [2.05, 4.69) is 10.3 Å². The molecule has 1 rings (SSSR count). The van der Waals surface area contributed by atoms with Gasteiger partial charge in [-0.1, -0.05) is 11.6 Å². The van der Waals surface area contributed by atoms with Crippen LogP contribution in [0.25, 0.3) is 0 Å². The molecule has 0 fully saturated rings. The summed E-state index contributed by atoms with van der Waals surface area (Å²) in [6, 6.07) is 1.53. The van der Waals surface area contributed by atoms with E-state index >= 15 is 0 Å². The number of hydrogen-bond donors (Lipinski definition) is 2. The predicted molar refractivity (Wildman–Crippen MR) is 59.5 cm³/mol. The van der Waals surface area contributed by atoms with Gasteiger partial charge in [0.05, 0.1) is 23.3 Å². The van der Waals surface area contributed by atoms with Gasteiger partial charge in [0.25, 0.3) is 5.91 Å². The molecule has 1 amide bonds. The highest BCUT2D eigenvalue weighted by molar-refractivity contribution is 6.33. The topological polar surface area (TPSA) is 71.5 Å². The first-order valence-corrected chi connectivity index (χ1v) is 5.07. The fourth-order valence-corrected chi connectivity index (χ4v) is 1.29. The zero-order chi connectivity index (χ0) is 12.0. The summed E-state index contributed by atoms with van der Waals surface area (Å²) < 4.78 is 4.73. The summed E-state index contributed by atoms with van der Waals surface area (Å²) in [5.41, 5.74) is 0.286. The normalized spacial score (nSPS) is 12.2. The lowest BCUT2D eigenvalue weighted by atomic mass is 10.2. The summed E-state index contributed by atoms with van der Waals surface area (Å²) in [5, 5.41) is 12.2. The van der Waals surface area contributed by atoms with E-state index in [0.29, 0.717) is 5.02 Å². The number of hydrogen-bond acceptors (Lipinski definition) is 4. The number of nitrogens with one attached hydrogen (secondary N) is 1. The smallest absolute Gasteiger partial charge is 0.254 e. The Kier molecular flexibility index (Phi) is 5.18. The molecule has 2 N–H and O–H groups in total. The van der Waals surface area contributed by atoms with Gasteiger partial charge in [-0.15, -0.1) is 0 Å². The third kappa shape index (κ3) is 3.77. The third-order valence-corrected chi connectivity index (χ3v) is 2.20. The zero-order valence-electron chi connectivity index (χ0n) is 8.81. The largest absolute Gasteiger partial charge is 0.389 e. The van der Waals surface area contributed by atoms with Crippen LogP contribution in [0.3, 0.4) is 0 Å². The van der Waals surface area contributed by atoms with Gasteiger partial charge in [0.1, 0.15) is 0 Å². The van der Waals surface area contributed by atoms with Crippen LogP contribution in [0.4, 0.5) is 0 Å². The van der Waals surface area contributed by atoms with Crippen molar-refractivity contribution in [2.75, 3.05) is 20.3 Å². The molecule has 1 heterocycles. The number of aromatic nitrogens is 1. The van der Waals surface area contributed by atoms with Gasteiger partial charge in [-0.3, -0.25) is 9.78 Å². The molecule has 88 valence electrons. The Balaban J connectivity index is 2.50. The monoisotopic (exact) mass is 244 g/mol. The highest BCUT2D eigenvalue weighted by Gasteiger charge is 2.11. The second-order valence-corrected chi connectivity index (χ2v) is 3.58. The average Bonchev–Trinajstić information content (AvgIpc) is 2.27. The molecule has 6 heteroatoms. The SMILES string of the molecule is COCC(O)CNC(=O)c1cnccc1Cl. The lowest BCUT2D eigenvalue weighted by Crippen LogP contribution is -2.34. The zero-order valence-corrected chi connectivity index (χ0v) is 9.57. The molecule has 1 aromatic heterocycles. The molecule has 0 aliphatic heterocycles. The van der Waals surface area contributed by atoms with Crippen LogP contribution in [0, 0.1) is 0 Å². The number of halogens is 1. The van der Waals surface area contributed by atoms with Crippen LogP contribution < -0.4 is 5.32 Å². The van der Waals surface area contributed by atoms with Crippen molar-refractivity contribution in [2.45, 2.75) is 6.10 Å². The maximum atomic E-state index is 11.6. The van der Waals surface area contributed by atoms with Crippen LogP contribution in [0.15, 0.2) is 18.5 Å². The fourth-order valence-electron chi connectivity index (χ4n) is 1.10. The number of aliphatic hydroxyl groups excluding tert-OH is 1. The van der Waals surface area contributed by atoms with E-state index in [9.17, 15) is 9.90 Å². The standard InChI is InChI=1S/C10H13ClN2O3/c1-16-6-7(14)4-13-10(15)8-5-12-3-2-9(8)11/h2-3,5,7,14H,4,6H2,1H3,(H,13,15). The number of pyridine rings is 1. The summed E-state index contributed by atoms with van der Waals surface area (Å²) >= 11 is 5.81. The number of aliphatic hydroxyl groups is 1. The van der Waals surface area contributed by atoms with E-state index < -0.39 is 6.10 Å². The molecule has 0 saturated carbocycles. The number of amides is 1. The summed E-state index contributed by atoms with van der Waals surface area (Å²) in [7, 11) is 1.48. The lowest BCUT2D eigenvalue weighted by molar-refractivity contribution is 0.0609. The molecule has 1 atom stereocenters. The Morgan fingerprint density at radius 3 is 3.12 bits per heavy atom. The molecule has 0 saturated heterocycles. The molecule has 16 heavy (non-hydrogen) atoms. The molecule has 0 radical (unpaired) electrons. The van der Waals surface area contributed by atoms with Gasteiger partial charge in [0.2, 0.25) is 0 Å². The molecular weight excluding hydrogens is 232 g/mol. The van der Waals surface area contributed by atoms with E-state index in [-0.39, 0.29) is 24.6 Å². The summed E-state index contributed by atoms with van der Waals surface area (Å²) in [5.74, 6) is -0.367. The molecule has 1 unspecified atom stereocenters. The van der Waals surface area contributed by atoms with Crippen molar-refractivity contribution in [3.05, 3.63) is 29.0 Å². The van der Waals surface area contributed by atoms with Gasteiger partial charge in [-0.05, 0) is 6.07 Å². The molecule has 1 aromatic rings. The van der Waals surface area contributed by atoms with Crippen LogP contribution in [0.5, 0.6) is 0 Å². The first-order chi connectivity index (χ1) is 7.65. The second-order valence-electron chi connectivity index (χ2n) is 3.17. The van der Waals surface area contributed by atoms with Crippen molar-refractivity contribution in [3.63, 3.8) is 0 Å². The van der Waals surface area contributed by atoms with E-state index in [4.69, 9.17) is 16.3 Å². The van der Waals surface area contributed by atoms with Crippen molar-refractivity contribution in [1.82, 2.24) is 10.3 Å². The summed E-state index contributed by atoms with van der Waals surface area (Å²) in [6.45, 7) is 0.277. The highest BCUT2D eigenvalue weighted by atomic mass is 35.5. The summed E-state index contributed by atoms with van der Waals surface area (Å²) in [6.07, 6.45) is 2.14. The number of rotatable bonds is 5. The van der Waals surface area contributed by atoms with Crippen LogP contribution in [-0.4, -0.2) is 42.4 Å². The predicted octanol–water partition coefficient (Wildman–Crippen LogP) is 0.472. The van der Waals surface area contributed by atoms with Crippen molar-refractivity contribution in [3.8, 4) is 0 Å². The van der Waals surface area contributed by atoms with E-state index in [1.807, 2.05) is 0 Å². The Bertz CT molecular complexity index is 360. The molecule has 5 nitrogen and oxygen atoms in total. The van der Waals surface area contributed by atoms with Gasteiger partial charge < -0.3 is 15.2 Å².